The quantitative estimate of drug-likeness (QED) is 0.329. The van der Waals surface area contributed by atoms with Crippen LogP contribution in [0.2, 0.25) is 10.0 Å². The van der Waals surface area contributed by atoms with Crippen molar-refractivity contribution in [2.24, 2.45) is 5.92 Å². The molecule has 1 heterocycles. The molecule has 3 aromatic rings. The van der Waals surface area contributed by atoms with E-state index in [1.54, 1.807) is 61.7 Å². The highest BCUT2D eigenvalue weighted by atomic mass is 35.5. The number of imide groups is 1. The number of carbonyl (C=O) groups is 2. The summed E-state index contributed by atoms with van der Waals surface area (Å²) in [4.78, 5) is 28.7. The summed E-state index contributed by atoms with van der Waals surface area (Å²) in [6, 6.07) is 16.6. The Kier molecular flexibility index (Phi) is 7.05. The van der Waals surface area contributed by atoms with E-state index in [2.05, 4.69) is 12.0 Å². The Hall–Kier alpha value is -3.94. The van der Waals surface area contributed by atoms with Crippen LogP contribution in [0.25, 0.3) is 0 Å². The number of anilines is 1. The molecule has 3 aromatic carbocycles. The van der Waals surface area contributed by atoms with Gasteiger partial charge in [-0.05, 0) is 66.1 Å². The van der Waals surface area contributed by atoms with Gasteiger partial charge in [0.25, 0.3) is 11.8 Å². The van der Waals surface area contributed by atoms with Crippen molar-refractivity contribution in [3.8, 4) is 17.2 Å². The van der Waals surface area contributed by atoms with Gasteiger partial charge in [-0.1, -0.05) is 54.1 Å². The van der Waals surface area contributed by atoms with Gasteiger partial charge in [-0.15, -0.1) is 0 Å². The number of rotatable bonds is 7. The fourth-order valence-corrected chi connectivity index (χ4v) is 6.16. The number of ether oxygens (including phenoxy) is 2. The number of aromatic hydroxyl groups is 1. The number of nitrogens with one attached hydrogen (secondary N) is 1. The summed E-state index contributed by atoms with van der Waals surface area (Å²) >= 11 is 12.4. The Morgan fingerprint density at radius 1 is 1.03 bits per heavy atom. The molecule has 1 aliphatic carbocycles. The highest BCUT2D eigenvalue weighted by molar-refractivity contribution is 6.36. The summed E-state index contributed by atoms with van der Waals surface area (Å²) in [5, 5.41) is 12.8. The average molecular weight is 565 g/mol. The molecular weight excluding hydrogens is 539 g/mol. The SMILES string of the molecule is C=CC1=CCC2C(=O)N(Nc3ccc(Cl)cc3Cl)C(=O)C2(c2ccc(OC)cc2)C1c1cc(OC)ccc1O. The fraction of sp³-hybridized carbons (Fsp3) is 0.200. The smallest absolute Gasteiger partial charge is 0.260 e. The maximum absolute atomic E-state index is 14.7. The molecule has 9 heteroatoms. The average Bonchev–Trinajstić information content (AvgIpc) is 3.16. The second kappa shape index (κ2) is 10.3. The number of benzene rings is 3. The van der Waals surface area contributed by atoms with Crippen molar-refractivity contribution in [3.05, 3.63) is 106 Å². The van der Waals surface area contributed by atoms with E-state index in [4.69, 9.17) is 32.7 Å². The van der Waals surface area contributed by atoms with Crippen molar-refractivity contribution in [1.29, 1.82) is 0 Å². The Labute approximate surface area is 236 Å². The standard InChI is InChI=1S/C30H26Cl2N2O5/c1-4-17-5-12-23-28(36)34(33-25-13-8-19(31)15-24(25)32)29(37)30(23,18-6-9-20(38-2)10-7-18)27(17)22-16-21(39-3)11-14-26(22)35/h4-11,13-16,23,27,33,35H,1,12H2,2-3H3. The van der Waals surface area contributed by atoms with Crippen LogP contribution in [0.1, 0.15) is 23.5 Å². The molecule has 0 aromatic heterocycles. The van der Waals surface area contributed by atoms with E-state index < -0.39 is 29.1 Å². The predicted molar refractivity (Wildman–Crippen MR) is 150 cm³/mol. The lowest BCUT2D eigenvalue weighted by atomic mass is 9.56. The van der Waals surface area contributed by atoms with Gasteiger partial charge in [0.15, 0.2) is 0 Å². The number of phenolic OH excluding ortho intramolecular Hbond substituents is 1. The van der Waals surface area contributed by atoms with Crippen molar-refractivity contribution in [2.75, 3.05) is 19.6 Å². The van der Waals surface area contributed by atoms with Gasteiger partial charge in [0.1, 0.15) is 17.2 Å². The Morgan fingerprint density at radius 2 is 1.72 bits per heavy atom. The van der Waals surface area contributed by atoms with Crippen molar-refractivity contribution in [3.63, 3.8) is 0 Å². The Bertz CT molecular complexity index is 1500. The minimum atomic E-state index is -1.43. The summed E-state index contributed by atoms with van der Waals surface area (Å²) in [6.45, 7) is 3.99. The molecule has 2 aliphatic rings. The summed E-state index contributed by atoms with van der Waals surface area (Å²) in [5.41, 5.74) is 3.59. The monoisotopic (exact) mass is 564 g/mol. The number of nitrogens with zero attached hydrogens (tertiary/aromatic N) is 1. The van der Waals surface area contributed by atoms with E-state index >= 15 is 0 Å². The molecule has 1 aliphatic heterocycles. The molecule has 1 fully saturated rings. The fourth-order valence-electron chi connectivity index (χ4n) is 5.71. The van der Waals surface area contributed by atoms with E-state index in [9.17, 15) is 14.7 Å². The lowest BCUT2D eigenvalue weighted by Gasteiger charge is -2.43. The van der Waals surface area contributed by atoms with Crippen LogP contribution in [0.3, 0.4) is 0 Å². The molecule has 39 heavy (non-hydrogen) atoms. The highest BCUT2D eigenvalue weighted by Gasteiger charge is 2.66. The number of hydrazine groups is 1. The van der Waals surface area contributed by atoms with Gasteiger partial charge in [-0.25, -0.2) is 0 Å². The topological polar surface area (TPSA) is 88.1 Å². The number of carbonyl (C=O) groups excluding carboxylic acids is 2. The third-order valence-corrected chi connectivity index (χ3v) is 8.06. The summed E-state index contributed by atoms with van der Waals surface area (Å²) < 4.78 is 10.8. The zero-order valence-corrected chi connectivity index (χ0v) is 22.8. The van der Waals surface area contributed by atoms with Crippen molar-refractivity contribution < 1.29 is 24.2 Å². The molecule has 0 bridgehead atoms. The summed E-state index contributed by atoms with van der Waals surface area (Å²) in [6.07, 6.45) is 3.84. The number of hydrogen-bond donors (Lipinski definition) is 2. The van der Waals surface area contributed by atoms with E-state index in [0.29, 0.717) is 38.9 Å². The number of amides is 2. The molecule has 0 saturated carbocycles. The van der Waals surface area contributed by atoms with E-state index in [0.717, 1.165) is 5.01 Å². The van der Waals surface area contributed by atoms with Crippen molar-refractivity contribution in [2.45, 2.75) is 17.8 Å². The second-order valence-corrected chi connectivity index (χ2v) is 10.2. The van der Waals surface area contributed by atoms with Crippen LogP contribution < -0.4 is 14.9 Å². The van der Waals surface area contributed by atoms with Crippen LogP contribution in [0.4, 0.5) is 5.69 Å². The number of methoxy groups -OCH3 is 2. The van der Waals surface area contributed by atoms with Crippen LogP contribution in [-0.2, 0) is 15.0 Å². The van der Waals surface area contributed by atoms with Crippen molar-refractivity contribution in [1.82, 2.24) is 5.01 Å². The largest absolute Gasteiger partial charge is 0.508 e. The Morgan fingerprint density at radius 3 is 2.36 bits per heavy atom. The van der Waals surface area contributed by atoms with Gasteiger partial charge >= 0.3 is 0 Å². The van der Waals surface area contributed by atoms with Crippen LogP contribution in [-0.4, -0.2) is 36.1 Å². The Balaban J connectivity index is 1.76. The van der Waals surface area contributed by atoms with Gasteiger partial charge < -0.3 is 14.6 Å². The molecule has 200 valence electrons. The maximum Gasteiger partial charge on any atom is 0.260 e. The lowest BCUT2D eigenvalue weighted by molar-refractivity contribution is -0.138. The predicted octanol–water partition coefficient (Wildman–Crippen LogP) is 6.27. The molecular formula is C30H26Cl2N2O5. The number of fused-ring (bicyclic) bond motifs is 1. The molecule has 3 atom stereocenters. The number of phenols is 1. The van der Waals surface area contributed by atoms with Gasteiger partial charge in [0, 0.05) is 16.5 Å². The third-order valence-electron chi connectivity index (χ3n) is 7.52. The first-order valence-corrected chi connectivity index (χ1v) is 13.0. The maximum atomic E-state index is 14.7. The van der Waals surface area contributed by atoms with E-state index in [-0.39, 0.29) is 17.2 Å². The molecule has 2 N–H and O–H groups in total. The molecule has 2 amide bonds. The zero-order chi connectivity index (χ0) is 27.9. The van der Waals surface area contributed by atoms with Crippen LogP contribution in [0.5, 0.6) is 17.2 Å². The van der Waals surface area contributed by atoms with Gasteiger partial charge in [-0.3, -0.25) is 15.0 Å². The highest BCUT2D eigenvalue weighted by Crippen LogP contribution is 2.59. The van der Waals surface area contributed by atoms with Gasteiger partial charge in [-0.2, -0.15) is 5.01 Å². The molecule has 0 radical (unpaired) electrons. The minimum Gasteiger partial charge on any atom is -0.508 e. The first kappa shape index (κ1) is 26.7. The minimum absolute atomic E-state index is 0.0329. The van der Waals surface area contributed by atoms with E-state index in [1.165, 1.54) is 19.2 Å². The van der Waals surface area contributed by atoms with Crippen LogP contribution in [0.15, 0.2) is 85.0 Å². The van der Waals surface area contributed by atoms with Crippen LogP contribution >= 0.6 is 23.2 Å². The zero-order valence-electron chi connectivity index (χ0n) is 21.3. The lowest BCUT2D eigenvalue weighted by Crippen LogP contribution is -2.48. The molecule has 1 saturated heterocycles. The van der Waals surface area contributed by atoms with Gasteiger partial charge in [0.2, 0.25) is 0 Å². The summed E-state index contributed by atoms with van der Waals surface area (Å²) in [7, 11) is 3.08. The molecule has 7 nitrogen and oxygen atoms in total. The normalized spacial score (nSPS) is 22.3. The summed E-state index contributed by atoms with van der Waals surface area (Å²) in [5.74, 6) is -1.41. The second-order valence-electron chi connectivity index (χ2n) is 9.37. The van der Waals surface area contributed by atoms with Crippen LogP contribution in [0, 0.1) is 5.92 Å². The van der Waals surface area contributed by atoms with E-state index in [1.807, 2.05) is 6.08 Å². The first-order chi connectivity index (χ1) is 18.8. The number of halogens is 2. The molecule has 0 spiro atoms. The number of allylic oxidation sites excluding steroid dienone is 3. The third kappa shape index (κ3) is 4.22. The molecule has 5 rings (SSSR count). The number of hydrogen-bond acceptors (Lipinski definition) is 6. The molecule has 3 unspecified atom stereocenters. The van der Waals surface area contributed by atoms with Gasteiger partial charge in [0.05, 0.1) is 36.3 Å². The first-order valence-electron chi connectivity index (χ1n) is 12.2. The van der Waals surface area contributed by atoms with Crippen molar-refractivity contribution >= 4 is 40.7 Å².